The second kappa shape index (κ2) is 6.87. The fourth-order valence-corrected chi connectivity index (χ4v) is 3.40. The Kier molecular flexibility index (Phi) is 4.67. The molecule has 3 rings (SSSR count). The second-order valence-electron chi connectivity index (χ2n) is 5.35. The summed E-state index contributed by atoms with van der Waals surface area (Å²) in [6, 6.07) is 14.0. The van der Waals surface area contributed by atoms with Crippen LogP contribution in [0.15, 0.2) is 60.0 Å². The van der Waals surface area contributed by atoms with Crippen molar-refractivity contribution in [3.05, 3.63) is 54.9 Å². The first-order valence-corrected chi connectivity index (χ1v) is 8.49. The van der Waals surface area contributed by atoms with E-state index in [0.717, 1.165) is 28.0 Å². The van der Waals surface area contributed by atoms with Gasteiger partial charge >= 0.3 is 0 Å². The molecule has 0 radical (unpaired) electrons. The summed E-state index contributed by atoms with van der Waals surface area (Å²) in [5, 5.41) is 5.93. The summed E-state index contributed by atoms with van der Waals surface area (Å²) in [6.45, 7) is 2.02. The molecular formula is C18H19N3OS. The van der Waals surface area contributed by atoms with E-state index in [1.165, 1.54) is 11.8 Å². The highest BCUT2D eigenvalue weighted by Gasteiger charge is 2.20. The lowest BCUT2D eigenvalue weighted by Gasteiger charge is -2.15. The number of carbonyl (C=O) groups is 1. The van der Waals surface area contributed by atoms with Gasteiger partial charge in [-0.3, -0.25) is 4.79 Å². The average Bonchev–Trinajstić information content (AvgIpc) is 2.97. The molecule has 118 valence electrons. The van der Waals surface area contributed by atoms with Gasteiger partial charge in [0.2, 0.25) is 5.91 Å². The molecule has 1 N–H and O–H groups in total. The zero-order chi connectivity index (χ0) is 16.2. The van der Waals surface area contributed by atoms with Gasteiger partial charge in [-0.1, -0.05) is 55.1 Å². The maximum atomic E-state index is 12.7. The number of benzene rings is 2. The van der Waals surface area contributed by atoms with E-state index in [0.29, 0.717) is 0 Å². The first-order chi connectivity index (χ1) is 11.2. The highest BCUT2D eigenvalue weighted by Crippen LogP contribution is 2.27. The number of nitrogens with zero attached hydrogens (tertiary/aromatic N) is 2. The molecule has 1 amide bonds. The lowest BCUT2D eigenvalue weighted by Crippen LogP contribution is -2.25. The van der Waals surface area contributed by atoms with Crippen molar-refractivity contribution in [1.82, 2.24) is 9.55 Å². The summed E-state index contributed by atoms with van der Waals surface area (Å²) in [5.74, 6) is 0.0110. The molecule has 5 heteroatoms. The Morgan fingerprint density at radius 3 is 2.78 bits per heavy atom. The van der Waals surface area contributed by atoms with E-state index in [4.69, 9.17) is 0 Å². The van der Waals surface area contributed by atoms with Crippen LogP contribution in [0.3, 0.4) is 0 Å². The third kappa shape index (κ3) is 3.40. The molecule has 0 saturated heterocycles. The van der Waals surface area contributed by atoms with Gasteiger partial charge in [0, 0.05) is 30.5 Å². The summed E-state index contributed by atoms with van der Waals surface area (Å²) in [6.07, 6.45) is 4.38. The lowest BCUT2D eigenvalue weighted by atomic mass is 10.1. The Hall–Kier alpha value is -2.27. The molecular weight excluding hydrogens is 306 g/mol. The number of aromatic nitrogens is 2. The Balaban J connectivity index is 1.80. The van der Waals surface area contributed by atoms with Crippen LogP contribution in [0, 0.1) is 0 Å². The molecule has 1 heterocycles. The molecule has 2 aromatic carbocycles. The van der Waals surface area contributed by atoms with Gasteiger partial charge in [0.05, 0.1) is 5.25 Å². The number of hydrogen-bond donors (Lipinski definition) is 1. The van der Waals surface area contributed by atoms with Crippen LogP contribution >= 0.6 is 11.8 Å². The third-order valence-electron chi connectivity index (χ3n) is 3.74. The quantitative estimate of drug-likeness (QED) is 0.719. The molecule has 0 spiro atoms. The Morgan fingerprint density at radius 1 is 1.26 bits per heavy atom. The van der Waals surface area contributed by atoms with Gasteiger partial charge in [-0.25, -0.2) is 4.98 Å². The van der Waals surface area contributed by atoms with E-state index in [1.807, 2.05) is 67.2 Å². The molecule has 4 nitrogen and oxygen atoms in total. The monoisotopic (exact) mass is 325 g/mol. The third-order valence-corrected chi connectivity index (χ3v) is 5.17. The van der Waals surface area contributed by atoms with Gasteiger partial charge in [0.1, 0.15) is 0 Å². The molecule has 1 aromatic heterocycles. The van der Waals surface area contributed by atoms with Crippen molar-refractivity contribution in [2.45, 2.75) is 23.8 Å². The summed E-state index contributed by atoms with van der Waals surface area (Å²) < 4.78 is 1.93. The standard InChI is InChI=1S/C18H19N3OS/c1-3-16(23-18-19-11-12-21(18)2)17(22)20-15-10-6-8-13-7-4-5-9-14(13)15/h4-12,16H,3H2,1-2H3,(H,20,22)/t16-/m0/s1. The van der Waals surface area contributed by atoms with Crippen LogP contribution in [0.5, 0.6) is 0 Å². The molecule has 0 aliphatic rings. The van der Waals surface area contributed by atoms with E-state index in [-0.39, 0.29) is 11.2 Å². The van der Waals surface area contributed by atoms with Crippen molar-refractivity contribution in [3.63, 3.8) is 0 Å². The minimum Gasteiger partial charge on any atom is -0.329 e. The minimum atomic E-state index is -0.171. The summed E-state index contributed by atoms with van der Waals surface area (Å²) in [4.78, 5) is 16.9. The van der Waals surface area contributed by atoms with Crippen LogP contribution in [-0.4, -0.2) is 20.7 Å². The van der Waals surface area contributed by atoms with E-state index in [1.54, 1.807) is 6.20 Å². The normalized spacial score (nSPS) is 12.3. The van der Waals surface area contributed by atoms with Crippen molar-refractivity contribution < 1.29 is 4.79 Å². The van der Waals surface area contributed by atoms with Gasteiger partial charge in [-0.15, -0.1) is 0 Å². The van der Waals surface area contributed by atoms with Gasteiger partial charge in [-0.05, 0) is 17.9 Å². The Morgan fingerprint density at radius 2 is 2.04 bits per heavy atom. The van der Waals surface area contributed by atoms with Crippen molar-refractivity contribution in [2.75, 3.05) is 5.32 Å². The summed E-state index contributed by atoms with van der Waals surface area (Å²) in [7, 11) is 1.94. The maximum Gasteiger partial charge on any atom is 0.237 e. The van der Waals surface area contributed by atoms with E-state index in [9.17, 15) is 4.79 Å². The zero-order valence-electron chi connectivity index (χ0n) is 13.2. The highest BCUT2D eigenvalue weighted by molar-refractivity contribution is 8.00. The summed E-state index contributed by atoms with van der Waals surface area (Å²) in [5.41, 5.74) is 0.854. The molecule has 0 aliphatic heterocycles. The summed E-state index contributed by atoms with van der Waals surface area (Å²) >= 11 is 1.49. The molecule has 0 fully saturated rings. The highest BCUT2D eigenvalue weighted by atomic mass is 32.2. The number of imidazole rings is 1. The number of fused-ring (bicyclic) bond motifs is 1. The Labute approximate surface area is 139 Å². The molecule has 0 unspecified atom stereocenters. The first kappa shape index (κ1) is 15.6. The molecule has 3 aromatic rings. The topological polar surface area (TPSA) is 46.9 Å². The molecule has 1 atom stereocenters. The van der Waals surface area contributed by atoms with E-state index in [2.05, 4.69) is 10.3 Å². The van der Waals surface area contributed by atoms with Gasteiger partial charge in [0.25, 0.3) is 0 Å². The largest absolute Gasteiger partial charge is 0.329 e. The molecule has 0 bridgehead atoms. The first-order valence-electron chi connectivity index (χ1n) is 7.61. The van der Waals surface area contributed by atoms with Crippen LogP contribution in [0.2, 0.25) is 0 Å². The second-order valence-corrected chi connectivity index (χ2v) is 6.52. The zero-order valence-corrected chi connectivity index (χ0v) is 14.0. The Bertz CT molecular complexity index is 823. The predicted molar refractivity (Wildman–Crippen MR) is 95.7 cm³/mol. The molecule has 0 saturated carbocycles. The SMILES string of the molecule is CC[C@H](Sc1nccn1C)C(=O)Nc1cccc2ccccc12. The van der Waals surface area contributed by atoms with Crippen LogP contribution in [0.1, 0.15) is 13.3 Å². The van der Waals surface area contributed by atoms with Crippen LogP contribution in [0.4, 0.5) is 5.69 Å². The van der Waals surface area contributed by atoms with E-state index < -0.39 is 0 Å². The van der Waals surface area contributed by atoms with Gasteiger partial charge in [0.15, 0.2) is 5.16 Å². The number of anilines is 1. The maximum absolute atomic E-state index is 12.7. The molecule has 0 aliphatic carbocycles. The number of aryl methyl sites for hydroxylation is 1. The average molecular weight is 325 g/mol. The van der Waals surface area contributed by atoms with Crippen LogP contribution in [0.25, 0.3) is 10.8 Å². The van der Waals surface area contributed by atoms with Gasteiger partial charge in [-0.2, -0.15) is 0 Å². The fourth-order valence-electron chi connectivity index (χ4n) is 2.46. The number of hydrogen-bond acceptors (Lipinski definition) is 3. The number of thioether (sulfide) groups is 1. The minimum absolute atomic E-state index is 0.0110. The molecule has 23 heavy (non-hydrogen) atoms. The number of nitrogens with one attached hydrogen (secondary N) is 1. The number of rotatable bonds is 5. The van der Waals surface area contributed by atoms with E-state index >= 15 is 0 Å². The van der Waals surface area contributed by atoms with Crippen molar-refractivity contribution in [3.8, 4) is 0 Å². The number of amides is 1. The van der Waals surface area contributed by atoms with Crippen molar-refractivity contribution in [1.29, 1.82) is 0 Å². The van der Waals surface area contributed by atoms with Crippen LogP contribution < -0.4 is 5.32 Å². The van der Waals surface area contributed by atoms with Crippen molar-refractivity contribution in [2.24, 2.45) is 7.05 Å². The predicted octanol–water partition coefficient (Wildman–Crippen LogP) is 4.08. The van der Waals surface area contributed by atoms with Crippen molar-refractivity contribution >= 4 is 34.1 Å². The lowest BCUT2D eigenvalue weighted by molar-refractivity contribution is -0.115. The van der Waals surface area contributed by atoms with Gasteiger partial charge < -0.3 is 9.88 Å². The smallest absolute Gasteiger partial charge is 0.237 e. The fraction of sp³-hybridized carbons (Fsp3) is 0.222. The number of carbonyl (C=O) groups excluding carboxylic acids is 1. The van der Waals surface area contributed by atoms with Crippen LogP contribution in [-0.2, 0) is 11.8 Å².